The molecular formula is C26H30N4O4. The molecule has 1 unspecified atom stereocenters. The Morgan fingerprint density at radius 1 is 1.12 bits per heavy atom. The Hall–Kier alpha value is -3.49. The van der Waals surface area contributed by atoms with Crippen LogP contribution in [-0.2, 0) is 11.4 Å². The van der Waals surface area contributed by atoms with Crippen LogP contribution in [0.1, 0.15) is 34.5 Å². The maximum Gasteiger partial charge on any atom is 0.251 e. The normalized spacial score (nSPS) is 19.9. The van der Waals surface area contributed by atoms with Crippen LogP contribution in [0.3, 0.4) is 0 Å². The van der Waals surface area contributed by atoms with Crippen LogP contribution >= 0.6 is 0 Å². The van der Waals surface area contributed by atoms with Gasteiger partial charge in [0.2, 0.25) is 5.91 Å². The summed E-state index contributed by atoms with van der Waals surface area (Å²) >= 11 is 0. The largest absolute Gasteiger partial charge is 0.489 e. The Labute approximate surface area is 198 Å². The molecule has 0 aliphatic heterocycles. The Kier molecular flexibility index (Phi) is 7.09. The number of hydrogen-bond donors (Lipinski definition) is 3. The average molecular weight is 463 g/mol. The summed E-state index contributed by atoms with van der Waals surface area (Å²) in [7, 11) is 3.88. The van der Waals surface area contributed by atoms with Gasteiger partial charge in [0.15, 0.2) is 0 Å². The monoisotopic (exact) mass is 462 g/mol. The van der Waals surface area contributed by atoms with E-state index in [0.717, 1.165) is 22.2 Å². The first-order valence-electron chi connectivity index (χ1n) is 11.3. The minimum absolute atomic E-state index is 0.149. The first-order chi connectivity index (χ1) is 16.4. The average Bonchev–Trinajstić information content (AvgIpc) is 3.26. The molecule has 0 bridgehead atoms. The summed E-state index contributed by atoms with van der Waals surface area (Å²) in [5.74, 6) is -0.566. The molecule has 34 heavy (non-hydrogen) atoms. The predicted octanol–water partition coefficient (Wildman–Crippen LogP) is 3.07. The Morgan fingerprint density at radius 2 is 1.85 bits per heavy atom. The molecule has 178 valence electrons. The van der Waals surface area contributed by atoms with Crippen LogP contribution in [0.25, 0.3) is 10.9 Å². The van der Waals surface area contributed by atoms with Gasteiger partial charge >= 0.3 is 0 Å². The number of rotatable bonds is 7. The van der Waals surface area contributed by atoms with E-state index in [9.17, 15) is 9.59 Å². The number of hydrogen-bond acceptors (Lipinski definition) is 6. The standard InChI is InChI=1S/C26H30N4O4/c1-16-12-18(21-6-4-5-7-23(21)27-16)15-34-20-10-8-17(9-11-20)25(31)28-24-14-19(30(2)3)13-22(24)26(32)29-33/h4-12,19,22,24,33H,13-15H2,1-3H3,(H,28,31)(H,29,32)/t19?,22-,24-/m1/s1. The number of para-hydroxylation sites is 1. The van der Waals surface area contributed by atoms with E-state index >= 15 is 0 Å². The molecule has 1 aliphatic rings. The fraction of sp³-hybridized carbons (Fsp3) is 0.346. The number of ether oxygens (including phenoxy) is 1. The molecule has 2 amide bonds. The maximum atomic E-state index is 12.8. The van der Waals surface area contributed by atoms with Crippen molar-refractivity contribution in [1.82, 2.24) is 20.7 Å². The van der Waals surface area contributed by atoms with Crippen LogP contribution in [0.2, 0.25) is 0 Å². The molecular weight excluding hydrogens is 432 g/mol. The number of fused-ring (bicyclic) bond motifs is 1. The zero-order valence-corrected chi connectivity index (χ0v) is 19.6. The third-order valence-electron chi connectivity index (χ3n) is 6.47. The van der Waals surface area contributed by atoms with Gasteiger partial charge in [0, 0.05) is 34.3 Å². The number of carbonyl (C=O) groups excluding carboxylic acids is 2. The molecule has 0 saturated heterocycles. The Morgan fingerprint density at radius 3 is 2.56 bits per heavy atom. The highest BCUT2D eigenvalue weighted by Gasteiger charge is 2.40. The molecule has 0 spiro atoms. The number of nitrogens with one attached hydrogen (secondary N) is 2. The van der Waals surface area contributed by atoms with E-state index in [0.29, 0.717) is 30.8 Å². The zero-order valence-electron chi connectivity index (χ0n) is 19.6. The fourth-order valence-electron chi connectivity index (χ4n) is 4.59. The highest BCUT2D eigenvalue weighted by Crippen LogP contribution is 2.29. The molecule has 3 aromatic rings. The fourth-order valence-corrected chi connectivity index (χ4v) is 4.59. The van der Waals surface area contributed by atoms with Gasteiger partial charge in [-0.05, 0) is 70.3 Å². The third kappa shape index (κ3) is 5.18. The van der Waals surface area contributed by atoms with E-state index in [4.69, 9.17) is 9.94 Å². The van der Waals surface area contributed by atoms with Crippen molar-refractivity contribution in [2.45, 2.75) is 38.5 Å². The summed E-state index contributed by atoms with van der Waals surface area (Å²) in [6.07, 6.45) is 1.21. The van der Waals surface area contributed by atoms with Crippen molar-refractivity contribution in [3.63, 3.8) is 0 Å². The number of aromatic nitrogens is 1. The Balaban J connectivity index is 1.41. The topological polar surface area (TPSA) is 104 Å². The SMILES string of the molecule is Cc1cc(COc2ccc(C(=O)N[C@@H]3CC(N(C)C)C[C@H]3C(=O)NO)cc2)c2ccccc2n1. The summed E-state index contributed by atoms with van der Waals surface area (Å²) in [6.45, 7) is 2.35. The smallest absolute Gasteiger partial charge is 0.251 e. The van der Waals surface area contributed by atoms with Gasteiger partial charge in [0.25, 0.3) is 5.91 Å². The van der Waals surface area contributed by atoms with Gasteiger partial charge in [-0.15, -0.1) is 0 Å². The van der Waals surface area contributed by atoms with E-state index in [1.165, 1.54) is 0 Å². The van der Waals surface area contributed by atoms with Crippen molar-refractivity contribution in [3.05, 3.63) is 71.4 Å². The van der Waals surface area contributed by atoms with Crippen LogP contribution in [-0.4, -0.2) is 53.1 Å². The first-order valence-corrected chi connectivity index (χ1v) is 11.3. The lowest BCUT2D eigenvalue weighted by Gasteiger charge is -2.19. The third-order valence-corrected chi connectivity index (χ3v) is 6.47. The maximum absolute atomic E-state index is 12.8. The van der Waals surface area contributed by atoms with Crippen LogP contribution < -0.4 is 15.5 Å². The number of carbonyl (C=O) groups is 2. The second kappa shape index (κ2) is 10.2. The van der Waals surface area contributed by atoms with Crippen LogP contribution in [0.5, 0.6) is 5.75 Å². The molecule has 8 heteroatoms. The number of nitrogens with zero attached hydrogens (tertiary/aromatic N) is 2. The number of hydroxylamine groups is 1. The quantitative estimate of drug-likeness (QED) is 0.368. The van der Waals surface area contributed by atoms with Crippen molar-refractivity contribution in [1.29, 1.82) is 0 Å². The van der Waals surface area contributed by atoms with Gasteiger partial charge < -0.3 is 15.0 Å². The molecule has 1 aliphatic carbocycles. The van der Waals surface area contributed by atoms with Crippen LogP contribution in [0.15, 0.2) is 54.6 Å². The molecule has 3 N–H and O–H groups in total. The van der Waals surface area contributed by atoms with Crippen LogP contribution in [0, 0.1) is 12.8 Å². The lowest BCUT2D eigenvalue weighted by molar-refractivity contribution is -0.133. The number of aryl methyl sites for hydroxylation is 1. The molecule has 8 nitrogen and oxygen atoms in total. The second-order valence-corrected chi connectivity index (χ2v) is 9.00. The van der Waals surface area contributed by atoms with Gasteiger partial charge in [-0.3, -0.25) is 19.8 Å². The summed E-state index contributed by atoms with van der Waals surface area (Å²) in [6, 6.07) is 16.7. The summed E-state index contributed by atoms with van der Waals surface area (Å²) in [5, 5.41) is 13.1. The molecule has 2 aromatic carbocycles. The second-order valence-electron chi connectivity index (χ2n) is 9.00. The van der Waals surface area contributed by atoms with Gasteiger partial charge in [-0.1, -0.05) is 18.2 Å². The van der Waals surface area contributed by atoms with Crippen LogP contribution in [0.4, 0.5) is 0 Å². The van der Waals surface area contributed by atoms with Crippen molar-refractivity contribution in [3.8, 4) is 5.75 Å². The minimum atomic E-state index is -0.484. The molecule has 1 saturated carbocycles. The molecule has 1 fully saturated rings. The zero-order chi connectivity index (χ0) is 24.2. The Bertz CT molecular complexity index is 1180. The van der Waals surface area contributed by atoms with Crippen molar-refractivity contribution >= 4 is 22.7 Å². The molecule has 3 atom stereocenters. The highest BCUT2D eigenvalue weighted by atomic mass is 16.5. The summed E-state index contributed by atoms with van der Waals surface area (Å²) in [4.78, 5) is 31.5. The lowest BCUT2D eigenvalue weighted by Crippen LogP contribution is -2.43. The first kappa shape index (κ1) is 23.7. The number of amides is 2. The number of pyridine rings is 1. The van der Waals surface area contributed by atoms with Crippen molar-refractivity contribution in [2.24, 2.45) is 5.92 Å². The van der Waals surface area contributed by atoms with Gasteiger partial charge in [-0.2, -0.15) is 0 Å². The molecule has 1 heterocycles. The lowest BCUT2D eigenvalue weighted by atomic mass is 10.0. The van der Waals surface area contributed by atoms with Crippen molar-refractivity contribution in [2.75, 3.05) is 14.1 Å². The molecule has 1 aromatic heterocycles. The minimum Gasteiger partial charge on any atom is -0.489 e. The predicted molar refractivity (Wildman–Crippen MR) is 129 cm³/mol. The van der Waals surface area contributed by atoms with Gasteiger partial charge in [-0.25, -0.2) is 5.48 Å². The number of benzene rings is 2. The molecule has 0 radical (unpaired) electrons. The van der Waals surface area contributed by atoms with E-state index in [2.05, 4.69) is 10.3 Å². The van der Waals surface area contributed by atoms with Gasteiger partial charge in [0.1, 0.15) is 12.4 Å². The highest BCUT2D eigenvalue weighted by molar-refractivity contribution is 5.95. The van der Waals surface area contributed by atoms with E-state index in [-0.39, 0.29) is 18.0 Å². The van der Waals surface area contributed by atoms with Gasteiger partial charge in [0.05, 0.1) is 11.4 Å². The summed E-state index contributed by atoms with van der Waals surface area (Å²) in [5.41, 5.74) is 5.13. The van der Waals surface area contributed by atoms with E-state index < -0.39 is 11.8 Å². The molecule has 4 rings (SSSR count). The van der Waals surface area contributed by atoms with E-state index in [1.807, 2.05) is 56.3 Å². The van der Waals surface area contributed by atoms with Crippen molar-refractivity contribution < 1.29 is 19.5 Å². The van der Waals surface area contributed by atoms with E-state index in [1.54, 1.807) is 29.7 Å². The summed E-state index contributed by atoms with van der Waals surface area (Å²) < 4.78 is 5.98.